The van der Waals surface area contributed by atoms with Gasteiger partial charge in [0.15, 0.2) is 0 Å². The quantitative estimate of drug-likeness (QED) is 0.673. The van der Waals surface area contributed by atoms with Crippen LogP contribution in [0.3, 0.4) is 0 Å². The Morgan fingerprint density at radius 1 is 1.62 bits per heavy atom. The highest BCUT2D eigenvalue weighted by Crippen LogP contribution is 2.25. The first-order valence-electron chi connectivity index (χ1n) is 6.41. The molecule has 1 fully saturated rings. The summed E-state index contributed by atoms with van der Waals surface area (Å²) in [6.07, 6.45) is -0.429. The average molecular weight is 315 g/mol. The minimum atomic E-state index is -0.570. The number of carbonyl (C=O) groups excluding carboxylic acids is 1. The molecule has 1 aromatic carbocycles. The van der Waals surface area contributed by atoms with Crippen molar-refractivity contribution in [3.8, 4) is 0 Å². The number of hydrogen-bond donors (Lipinski definition) is 1. The Morgan fingerprint density at radius 2 is 2.33 bits per heavy atom. The first-order chi connectivity index (χ1) is 9.93. The number of carbonyl (C=O) groups is 1. The van der Waals surface area contributed by atoms with Gasteiger partial charge in [0, 0.05) is 18.7 Å². The second-order valence-electron chi connectivity index (χ2n) is 4.87. The summed E-state index contributed by atoms with van der Waals surface area (Å²) in [5.74, 6) is -0.329. The highest BCUT2D eigenvalue weighted by molar-refractivity contribution is 6.34. The van der Waals surface area contributed by atoms with E-state index in [1.165, 1.54) is 12.1 Å². The SMILES string of the molecule is CC1COC(CO)CN1C(=O)c1ccc([N+](=O)[O-])cc1Cl. The van der Waals surface area contributed by atoms with Crippen LogP contribution in [0.25, 0.3) is 0 Å². The van der Waals surface area contributed by atoms with E-state index in [4.69, 9.17) is 21.4 Å². The van der Waals surface area contributed by atoms with Crippen LogP contribution in [0.2, 0.25) is 5.02 Å². The number of nitro groups is 1. The van der Waals surface area contributed by atoms with E-state index in [-0.39, 0.29) is 41.4 Å². The summed E-state index contributed by atoms with van der Waals surface area (Å²) in [5, 5.41) is 19.8. The fourth-order valence-electron chi connectivity index (χ4n) is 2.16. The Hall–Kier alpha value is -1.70. The van der Waals surface area contributed by atoms with Crippen molar-refractivity contribution in [2.45, 2.75) is 19.1 Å². The molecule has 1 aliphatic heterocycles. The maximum atomic E-state index is 12.5. The molecule has 2 rings (SSSR count). The third-order valence-corrected chi connectivity index (χ3v) is 3.68. The topological polar surface area (TPSA) is 92.9 Å². The first-order valence-corrected chi connectivity index (χ1v) is 6.79. The standard InChI is InChI=1S/C13H15ClN2O5/c1-8-7-21-10(6-17)5-15(8)13(18)11-3-2-9(16(19)20)4-12(11)14/h2-4,8,10,17H,5-7H2,1H3. The highest BCUT2D eigenvalue weighted by atomic mass is 35.5. The highest BCUT2D eigenvalue weighted by Gasteiger charge is 2.31. The zero-order valence-corrected chi connectivity index (χ0v) is 12.1. The molecule has 114 valence electrons. The molecule has 1 aliphatic rings. The van der Waals surface area contributed by atoms with E-state index in [2.05, 4.69) is 0 Å². The van der Waals surface area contributed by atoms with E-state index in [1.807, 2.05) is 6.92 Å². The zero-order valence-electron chi connectivity index (χ0n) is 11.4. The molecule has 21 heavy (non-hydrogen) atoms. The molecular formula is C13H15ClN2O5. The second-order valence-corrected chi connectivity index (χ2v) is 5.27. The lowest BCUT2D eigenvalue weighted by Crippen LogP contribution is -2.52. The van der Waals surface area contributed by atoms with Gasteiger partial charge >= 0.3 is 0 Å². The summed E-state index contributed by atoms with van der Waals surface area (Å²) < 4.78 is 5.37. The van der Waals surface area contributed by atoms with Gasteiger partial charge in [-0.2, -0.15) is 0 Å². The molecule has 0 aromatic heterocycles. The lowest BCUT2D eigenvalue weighted by atomic mass is 10.1. The van der Waals surface area contributed by atoms with E-state index in [0.717, 1.165) is 6.07 Å². The molecule has 1 N–H and O–H groups in total. The van der Waals surface area contributed by atoms with Crippen LogP contribution >= 0.6 is 11.6 Å². The van der Waals surface area contributed by atoms with E-state index >= 15 is 0 Å². The van der Waals surface area contributed by atoms with Crippen molar-refractivity contribution < 1.29 is 19.6 Å². The van der Waals surface area contributed by atoms with E-state index in [0.29, 0.717) is 6.61 Å². The molecule has 2 unspecified atom stereocenters. The molecule has 0 bridgehead atoms. The van der Waals surface area contributed by atoms with Crippen molar-refractivity contribution in [1.82, 2.24) is 4.90 Å². The van der Waals surface area contributed by atoms with Crippen molar-refractivity contribution in [2.75, 3.05) is 19.8 Å². The van der Waals surface area contributed by atoms with Crippen molar-refractivity contribution in [3.63, 3.8) is 0 Å². The molecule has 0 spiro atoms. The Balaban J connectivity index is 2.24. The lowest BCUT2D eigenvalue weighted by Gasteiger charge is -2.37. The van der Waals surface area contributed by atoms with Gasteiger partial charge in [0.2, 0.25) is 0 Å². The number of ether oxygens (including phenoxy) is 1. The minimum Gasteiger partial charge on any atom is -0.394 e. The summed E-state index contributed by atoms with van der Waals surface area (Å²) in [5.41, 5.74) is 0.0347. The van der Waals surface area contributed by atoms with Crippen LogP contribution in [0.5, 0.6) is 0 Å². The Labute approximate surface area is 126 Å². The predicted molar refractivity (Wildman–Crippen MR) is 75.4 cm³/mol. The maximum Gasteiger partial charge on any atom is 0.270 e. The molecule has 0 saturated carbocycles. The Morgan fingerprint density at radius 3 is 2.90 bits per heavy atom. The molecule has 1 amide bonds. The third kappa shape index (κ3) is 3.31. The zero-order chi connectivity index (χ0) is 15.6. The van der Waals surface area contributed by atoms with Crippen molar-refractivity contribution in [1.29, 1.82) is 0 Å². The van der Waals surface area contributed by atoms with Gasteiger partial charge in [0.25, 0.3) is 11.6 Å². The number of nitrogens with zero attached hydrogens (tertiary/aromatic N) is 2. The van der Waals surface area contributed by atoms with Gasteiger partial charge in [-0.3, -0.25) is 14.9 Å². The molecule has 0 radical (unpaired) electrons. The van der Waals surface area contributed by atoms with Gasteiger partial charge in [0.05, 0.1) is 40.9 Å². The number of amides is 1. The third-order valence-electron chi connectivity index (χ3n) is 3.36. The van der Waals surface area contributed by atoms with Crippen LogP contribution in [-0.4, -0.2) is 52.7 Å². The van der Waals surface area contributed by atoms with Crippen LogP contribution in [-0.2, 0) is 4.74 Å². The van der Waals surface area contributed by atoms with Crippen LogP contribution < -0.4 is 0 Å². The maximum absolute atomic E-state index is 12.5. The molecule has 8 heteroatoms. The van der Waals surface area contributed by atoms with Gasteiger partial charge in [-0.15, -0.1) is 0 Å². The fourth-order valence-corrected chi connectivity index (χ4v) is 2.41. The molecule has 0 aliphatic carbocycles. The van der Waals surface area contributed by atoms with Gasteiger partial charge in [-0.25, -0.2) is 0 Å². The van der Waals surface area contributed by atoms with Crippen LogP contribution in [0.1, 0.15) is 17.3 Å². The van der Waals surface area contributed by atoms with Crippen LogP contribution in [0, 0.1) is 10.1 Å². The van der Waals surface area contributed by atoms with E-state index in [9.17, 15) is 14.9 Å². The monoisotopic (exact) mass is 314 g/mol. The fraction of sp³-hybridized carbons (Fsp3) is 0.462. The minimum absolute atomic E-state index is 0.0356. The molecule has 1 saturated heterocycles. The molecule has 7 nitrogen and oxygen atoms in total. The number of aliphatic hydroxyl groups is 1. The molecule has 1 heterocycles. The number of rotatable bonds is 3. The van der Waals surface area contributed by atoms with Gasteiger partial charge in [0.1, 0.15) is 0 Å². The summed E-state index contributed by atoms with van der Waals surface area (Å²) in [7, 11) is 0. The van der Waals surface area contributed by atoms with Crippen LogP contribution in [0.4, 0.5) is 5.69 Å². The summed E-state index contributed by atoms with van der Waals surface area (Å²) in [6.45, 7) is 2.22. The molecular weight excluding hydrogens is 300 g/mol. The van der Waals surface area contributed by atoms with Gasteiger partial charge in [-0.05, 0) is 13.0 Å². The average Bonchev–Trinajstić information content (AvgIpc) is 2.47. The van der Waals surface area contributed by atoms with Gasteiger partial charge in [-0.1, -0.05) is 11.6 Å². The number of nitro benzene ring substituents is 1. The summed E-state index contributed by atoms with van der Waals surface area (Å²) in [4.78, 5) is 24.2. The summed E-state index contributed by atoms with van der Waals surface area (Å²) in [6, 6.07) is 3.59. The smallest absolute Gasteiger partial charge is 0.270 e. The normalized spacial score (nSPS) is 22.1. The molecule has 2 atom stereocenters. The van der Waals surface area contributed by atoms with Crippen molar-refractivity contribution in [3.05, 3.63) is 38.9 Å². The number of aliphatic hydroxyl groups excluding tert-OH is 1. The Kier molecular flexibility index (Phi) is 4.76. The molecule has 1 aromatic rings. The number of benzene rings is 1. The number of non-ortho nitro benzene ring substituents is 1. The predicted octanol–water partition coefficient (Wildman–Crippen LogP) is 1.47. The van der Waals surface area contributed by atoms with E-state index < -0.39 is 11.0 Å². The Bertz CT molecular complexity index is 565. The lowest BCUT2D eigenvalue weighted by molar-refractivity contribution is -0.384. The van der Waals surface area contributed by atoms with Crippen molar-refractivity contribution in [2.24, 2.45) is 0 Å². The second kappa shape index (κ2) is 6.38. The van der Waals surface area contributed by atoms with Crippen LogP contribution in [0.15, 0.2) is 18.2 Å². The van der Waals surface area contributed by atoms with Crippen molar-refractivity contribution >= 4 is 23.2 Å². The van der Waals surface area contributed by atoms with Gasteiger partial charge < -0.3 is 14.7 Å². The summed E-state index contributed by atoms with van der Waals surface area (Å²) >= 11 is 5.97. The number of hydrogen-bond acceptors (Lipinski definition) is 5. The number of halogens is 1. The van der Waals surface area contributed by atoms with E-state index in [1.54, 1.807) is 4.90 Å². The number of morpholine rings is 1. The largest absolute Gasteiger partial charge is 0.394 e. The first kappa shape index (κ1) is 15.7.